The molecule has 1 heterocycles. The highest BCUT2D eigenvalue weighted by atomic mass is 79.9. The van der Waals surface area contributed by atoms with Crippen molar-refractivity contribution in [3.05, 3.63) is 35.1 Å². The number of ether oxygens (including phenoxy) is 1. The Balaban J connectivity index is 1.92. The number of hydrogen-bond acceptors (Lipinski definition) is 2. The van der Waals surface area contributed by atoms with Gasteiger partial charge >= 0.3 is 0 Å². The van der Waals surface area contributed by atoms with Gasteiger partial charge in [-0.15, -0.1) is 0 Å². The molecule has 0 unspecified atom stereocenters. The maximum absolute atomic E-state index is 13.5. The predicted molar refractivity (Wildman–Crippen MR) is 79.8 cm³/mol. The molecule has 1 aliphatic rings. The third-order valence-electron chi connectivity index (χ3n) is 3.58. The van der Waals surface area contributed by atoms with Crippen molar-refractivity contribution >= 4 is 21.8 Å². The first-order valence-electron chi connectivity index (χ1n) is 6.85. The summed E-state index contributed by atoms with van der Waals surface area (Å²) in [7, 11) is 0. The maximum Gasteiger partial charge on any atom is 0.253 e. The highest BCUT2D eigenvalue weighted by Gasteiger charge is 2.24. The maximum atomic E-state index is 13.5. The average Bonchev–Trinajstić information content (AvgIpc) is 2.48. The van der Waals surface area contributed by atoms with Crippen molar-refractivity contribution in [2.24, 2.45) is 0 Å². The van der Waals surface area contributed by atoms with Crippen molar-refractivity contribution < 1.29 is 13.9 Å². The summed E-state index contributed by atoms with van der Waals surface area (Å²) in [5.74, 6) is -0.422. The number of halogens is 2. The van der Waals surface area contributed by atoms with Gasteiger partial charge in [0.25, 0.3) is 5.91 Å². The number of piperidine rings is 1. The Bertz CT molecular complexity index is 473. The fourth-order valence-corrected chi connectivity index (χ4v) is 2.53. The minimum atomic E-state index is -0.327. The van der Waals surface area contributed by atoms with E-state index in [1.54, 1.807) is 24.0 Å². The molecule has 0 aromatic heterocycles. The number of hydrogen-bond donors (Lipinski definition) is 0. The summed E-state index contributed by atoms with van der Waals surface area (Å²) in [5, 5.41) is 0.828. The van der Waals surface area contributed by atoms with Gasteiger partial charge < -0.3 is 9.64 Å². The van der Waals surface area contributed by atoms with Gasteiger partial charge in [0.2, 0.25) is 0 Å². The van der Waals surface area contributed by atoms with Crippen LogP contribution in [-0.2, 0) is 4.74 Å². The van der Waals surface area contributed by atoms with Crippen LogP contribution in [0.4, 0.5) is 4.39 Å². The Morgan fingerprint density at radius 1 is 1.45 bits per heavy atom. The molecular weight excluding hydrogens is 325 g/mol. The summed E-state index contributed by atoms with van der Waals surface area (Å²) in [5.41, 5.74) is 0.983. The fourth-order valence-electron chi connectivity index (χ4n) is 2.35. The minimum absolute atomic E-state index is 0.0946. The van der Waals surface area contributed by atoms with E-state index < -0.39 is 0 Å². The van der Waals surface area contributed by atoms with Crippen molar-refractivity contribution in [3.8, 4) is 0 Å². The number of aryl methyl sites for hydroxylation is 1. The molecule has 110 valence electrons. The number of nitrogens with zero attached hydrogens (tertiary/aromatic N) is 1. The van der Waals surface area contributed by atoms with Gasteiger partial charge in [0.15, 0.2) is 0 Å². The highest BCUT2D eigenvalue weighted by Crippen LogP contribution is 2.18. The molecule has 1 amide bonds. The molecule has 0 N–H and O–H groups in total. The Morgan fingerprint density at radius 3 is 2.75 bits per heavy atom. The lowest BCUT2D eigenvalue weighted by Gasteiger charge is -2.32. The number of likely N-dealkylation sites (tertiary alicyclic amines) is 1. The van der Waals surface area contributed by atoms with Crippen LogP contribution >= 0.6 is 15.9 Å². The molecule has 1 fully saturated rings. The summed E-state index contributed by atoms with van der Waals surface area (Å²) < 4.78 is 19.2. The van der Waals surface area contributed by atoms with E-state index in [1.165, 1.54) is 6.07 Å². The van der Waals surface area contributed by atoms with Crippen LogP contribution in [-0.4, -0.2) is 41.9 Å². The summed E-state index contributed by atoms with van der Waals surface area (Å²) >= 11 is 3.33. The van der Waals surface area contributed by atoms with Gasteiger partial charge in [-0.3, -0.25) is 4.79 Å². The van der Waals surface area contributed by atoms with Gasteiger partial charge in [-0.05, 0) is 37.5 Å². The monoisotopic (exact) mass is 343 g/mol. The minimum Gasteiger partial charge on any atom is -0.377 e. The van der Waals surface area contributed by atoms with Crippen LogP contribution in [0.1, 0.15) is 28.8 Å². The molecule has 2 rings (SSSR count). The summed E-state index contributed by atoms with van der Waals surface area (Å²) in [4.78, 5) is 14.1. The molecular formula is C15H19BrFNO2. The van der Waals surface area contributed by atoms with E-state index in [1.807, 2.05) is 0 Å². The zero-order chi connectivity index (χ0) is 14.5. The van der Waals surface area contributed by atoms with E-state index in [2.05, 4.69) is 15.9 Å². The van der Waals surface area contributed by atoms with Gasteiger partial charge in [-0.1, -0.05) is 22.0 Å². The summed E-state index contributed by atoms with van der Waals surface area (Å²) in [6, 6.07) is 4.66. The van der Waals surface area contributed by atoms with Crippen LogP contribution in [0, 0.1) is 12.7 Å². The lowest BCUT2D eigenvalue weighted by molar-refractivity contribution is 0.0160. The molecule has 1 saturated heterocycles. The normalized spacial score (nSPS) is 16.4. The van der Waals surface area contributed by atoms with Crippen molar-refractivity contribution in [2.75, 3.05) is 25.0 Å². The molecule has 0 bridgehead atoms. The van der Waals surface area contributed by atoms with E-state index in [4.69, 9.17) is 4.74 Å². The number of amides is 1. The number of carbonyl (C=O) groups excluding carboxylic acids is 1. The van der Waals surface area contributed by atoms with Crippen molar-refractivity contribution in [2.45, 2.75) is 25.9 Å². The predicted octanol–water partition coefficient (Wildman–Crippen LogP) is 3.15. The number of rotatable bonds is 4. The molecule has 3 nitrogen and oxygen atoms in total. The molecule has 0 saturated carbocycles. The van der Waals surface area contributed by atoms with Crippen molar-refractivity contribution in [1.29, 1.82) is 0 Å². The molecule has 0 aliphatic carbocycles. The van der Waals surface area contributed by atoms with Gasteiger partial charge in [-0.25, -0.2) is 4.39 Å². The van der Waals surface area contributed by atoms with E-state index in [0.717, 1.165) is 18.2 Å². The molecule has 0 radical (unpaired) electrons. The van der Waals surface area contributed by atoms with Crippen LogP contribution in [0.15, 0.2) is 18.2 Å². The Morgan fingerprint density at radius 2 is 2.15 bits per heavy atom. The van der Waals surface area contributed by atoms with Gasteiger partial charge in [0.05, 0.1) is 12.7 Å². The number of carbonyl (C=O) groups is 1. The van der Waals surface area contributed by atoms with Crippen LogP contribution in [0.3, 0.4) is 0 Å². The number of benzene rings is 1. The molecule has 1 aromatic carbocycles. The Kier molecular flexibility index (Phi) is 5.54. The van der Waals surface area contributed by atoms with Gasteiger partial charge in [0, 0.05) is 24.0 Å². The van der Waals surface area contributed by atoms with Crippen molar-refractivity contribution in [1.82, 2.24) is 4.90 Å². The zero-order valence-electron chi connectivity index (χ0n) is 11.6. The van der Waals surface area contributed by atoms with E-state index in [0.29, 0.717) is 30.8 Å². The van der Waals surface area contributed by atoms with Gasteiger partial charge in [-0.2, -0.15) is 0 Å². The fraction of sp³-hybridized carbons (Fsp3) is 0.533. The molecule has 20 heavy (non-hydrogen) atoms. The first kappa shape index (κ1) is 15.4. The van der Waals surface area contributed by atoms with Crippen molar-refractivity contribution in [3.63, 3.8) is 0 Å². The van der Waals surface area contributed by atoms with E-state index in [9.17, 15) is 9.18 Å². The quantitative estimate of drug-likeness (QED) is 0.786. The molecule has 0 spiro atoms. The second-order valence-corrected chi connectivity index (χ2v) is 5.81. The van der Waals surface area contributed by atoms with Crippen LogP contribution < -0.4 is 0 Å². The van der Waals surface area contributed by atoms with Crippen LogP contribution in [0.2, 0.25) is 0 Å². The topological polar surface area (TPSA) is 29.5 Å². The van der Waals surface area contributed by atoms with Gasteiger partial charge in [0.1, 0.15) is 5.82 Å². The molecule has 5 heteroatoms. The first-order chi connectivity index (χ1) is 9.61. The van der Waals surface area contributed by atoms with E-state index in [-0.39, 0.29) is 17.8 Å². The van der Waals surface area contributed by atoms with E-state index >= 15 is 0 Å². The molecule has 1 aliphatic heterocycles. The second kappa shape index (κ2) is 7.18. The number of alkyl halides is 1. The summed E-state index contributed by atoms with van der Waals surface area (Å²) in [6.45, 7) is 3.72. The lowest BCUT2D eigenvalue weighted by atomic mass is 10.1. The zero-order valence-corrected chi connectivity index (χ0v) is 13.2. The second-order valence-electron chi connectivity index (χ2n) is 5.02. The summed E-state index contributed by atoms with van der Waals surface area (Å²) in [6.07, 6.45) is 1.91. The third-order valence-corrected chi connectivity index (χ3v) is 3.90. The lowest BCUT2D eigenvalue weighted by Crippen LogP contribution is -2.41. The third kappa shape index (κ3) is 3.79. The SMILES string of the molecule is Cc1ccc(C(=O)N2CCC(OCCBr)CC2)cc1F. The Labute approximate surface area is 127 Å². The average molecular weight is 344 g/mol. The largest absolute Gasteiger partial charge is 0.377 e. The first-order valence-corrected chi connectivity index (χ1v) is 7.97. The smallest absolute Gasteiger partial charge is 0.253 e. The van der Waals surface area contributed by atoms with Crippen LogP contribution in [0.25, 0.3) is 0 Å². The molecule has 1 aromatic rings. The standard InChI is InChI=1S/C15H19BrFNO2/c1-11-2-3-12(10-14(11)17)15(19)18-7-4-13(5-8-18)20-9-6-16/h2-3,10,13H,4-9H2,1H3. The van der Waals surface area contributed by atoms with Crippen LogP contribution in [0.5, 0.6) is 0 Å². The Hall–Kier alpha value is -0.940. The molecule has 0 atom stereocenters. The highest BCUT2D eigenvalue weighted by molar-refractivity contribution is 9.09.